The zero-order valence-electron chi connectivity index (χ0n) is 17.6. The summed E-state index contributed by atoms with van der Waals surface area (Å²) in [5, 5.41) is 5.43. The fourth-order valence-electron chi connectivity index (χ4n) is 2.34. The lowest BCUT2D eigenvalue weighted by molar-refractivity contribution is -0.138. The van der Waals surface area contributed by atoms with Gasteiger partial charge in [0, 0.05) is 29.5 Å². The first-order valence-corrected chi connectivity index (χ1v) is 9.70. The van der Waals surface area contributed by atoms with E-state index in [0.29, 0.717) is 17.3 Å². The Kier molecular flexibility index (Phi) is 9.73. The smallest absolute Gasteiger partial charge is 0.359 e. The summed E-state index contributed by atoms with van der Waals surface area (Å²) in [5.41, 5.74) is 1.41. The molecule has 7 nitrogen and oxygen atoms in total. The monoisotopic (exact) mass is 424 g/mol. The minimum atomic E-state index is -4.46. The van der Waals surface area contributed by atoms with Crippen LogP contribution in [0.4, 0.5) is 19.0 Å². The number of hydrogen-bond acceptors (Lipinski definition) is 5. The lowest BCUT2D eigenvalue weighted by Crippen LogP contribution is -2.42. The molecule has 3 N–H and O–H groups in total. The van der Waals surface area contributed by atoms with Gasteiger partial charge in [-0.2, -0.15) is 13.2 Å². The van der Waals surface area contributed by atoms with Crippen LogP contribution in [0.15, 0.2) is 36.8 Å². The number of nitrogens with one attached hydrogen (secondary N) is 3. The zero-order chi connectivity index (χ0) is 22.7. The molecule has 0 aromatic carbocycles. The van der Waals surface area contributed by atoms with Gasteiger partial charge in [-0.05, 0) is 25.1 Å². The SMILES string of the molecule is CC.CC.C[C@H](Nc1ccnc(-c2c[nH]c3ncccc23)n1)C(=O)NCC(F)(F)F. The normalized spacial score (nSPS) is 11.5. The van der Waals surface area contributed by atoms with Gasteiger partial charge in [-0.25, -0.2) is 15.0 Å². The van der Waals surface area contributed by atoms with E-state index in [-0.39, 0.29) is 0 Å². The number of carbonyl (C=O) groups excluding carboxylic acids is 1. The molecule has 30 heavy (non-hydrogen) atoms. The number of H-pyrrole nitrogens is 1. The predicted octanol–water partition coefficient (Wildman–Crippen LogP) is 4.55. The number of pyridine rings is 1. The van der Waals surface area contributed by atoms with Crippen LogP contribution in [-0.2, 0) is 4.79 Å². The highest BCUT2D eigenvalue weighted by Crippen LogP contribution is 2.25. The van der Waals surface area contributed by atoms with E-state index in [1.807, 2.05) is 39.1 Å². The van der Waals surface area contributed by atoms with Gasteiger partial charge in [-0.15, -0.1) is 0 Å². The molecular formula is C20H27F3N6O. The molecule has 0 unspecified atom stereocenters. The maximum atomic E-state index is 12.2. The molecule has 0 spiro atoms. The van der Waals surface area contributed by atoms with Crippen LogP contribution in [0.25, 0.3) is 22.4 Å². The number of amides is 1. The fraction of sp³-hybridized carbons (Fsp3) is 0.400. The summed E-state index contributed by atoms with van der Waals surface area (Å²) in [6.07, 6.45) is 0.417. The van der Waals surface area contributed by atoms with Crippen LogP contribution in [0.5, 0.6) is 0 Å². The summed E-state index contributed by atoms with van der Waals surface area (Å²) in [6.45, 7) is 8.07. The molecule has 0 saturated heterocycles. The van der Waals surface area contributed by atoms with Gasteiger partial charge < -0.3 is 15.6 Å². The standard InChI is InChI=1S/C16H15F3N6O.2C2H6/c1-9(15(26)23-8-16(17,18)19)24-12-4-6-21-14(25-12)11-7-22-13-10(11)3-2-5-20-13;2*1-2/h2-7,9H,8H2,1H3,(H,20,22)(H,23,26)(H,21,24,25);2*1-2H3/t9-;;/m0../s1. The summed E-state index contributed by atoms with van der Waals surface area (Å²) in [5.74, 6) is -0.0566. The Labute approximate surface area is 173 Å². The topological polar surface area (TPSA) is 95.6 Å². The van der Waals surface area contributed by atoms with Gasteiger partial charge in [-0.3, -0.25) is 4.79 Å². The van der Waals surface area contributed by atoms with E-state index in [9.17, 15) is 18.0 Å². The van der Waals surface area contributed by atoms with Gasteiger partial charge >= 0.3 is 6.18 Å². The van der Waals surface area contributed by atoms with Gasteiger partial charge in [0.1, 0.15) is 24.1 Å². The van der Waals surface area contributed by atoms with E-state index >= 15 is 0 Å². The average molecular weight is 424 g/mol. The molecule has 10 heteroatoms. The second-order valence-electron chi connectivity index (χ2n) is 5.57. The van der Waals surface area contributed by atoms with Crippen molar-refractivity contribution >= 4 is 22.8 Å². The number of carbonyl (C=O) groups is 1. The Balaban J connectivity index is 0.00000106. The van der Waals surface area contributed by atoms with Crippen LogP contribution in [0, 0.1) is 0 Å². The van der Waals surface area contributed by atoms with Crippen molar-refractivity contribution in [2.45, 2.75) is 46.8 Å². The molecule has 3 aromatic heterocycles. The third kappa shape index (κ3) is 7.02. The number of halogens is 3. The van der Waals surface area contributed by atoms with E-state index in [1.165, 1.54) is 19.2 Å². The van der Waals surface area contributed by atoms with Crippen molar-refractivity contribution < 1.29 is 18.0 Å². The molecule has 0 saturated carbocycles. The Bertz CT molecular complexity index is 926. The molecule has 164 valence electrons. The molecule has 0 radical (unpaired) electrons. The van der Waals surface area contributed by atoms with Crippen molar-refractivity contribution in [3.8, 4) is 11.4 Å². The number of hydrogen-bond donors (Lipinski definition) is 3. The first-order chi connectivity index (χ1) is 14.3. The highest BCUT2D eigenvalue weighted by molar-refractivity contribution is 5.91. The molecule has 3 heterocycles. The number of alkyl halides is 3. The van der Waals surface area contributed by atoms with E-state index < -0.39 is 24.7 Å². The highest BCUT2D eigenvalue weighted by atomic mass is 19.4. The Morgan fingerprint density at radius 2 is 1.83 bits per heavy atom. The van der Waals surface area contributed by atoms with E-state index in [2.05, 4.69) is 25.3 Å². The third-order valence-corrected chi connectivity index (χ3v) is 3.57. The van der Waals surface area contributed by atoms with Gasteiger partial charge in [0.25, 0.3) is 0 Å². The van der Waals surface area contributed by atoms with Crippen LogP contribution in [-0.4, -0.2) is 44.6 Å². The van der Waals surface area contributed by atoms with Crippen LogP contribution < -0.4 is 10.6 Å². The number of anilines is 1. The highest BCUT2D eigenvalue weighted by Gasteiger charge is 2.28. The Morgan fingerprint density at radius 1 is 1.13 bits per heavy atom. The van der Waals surface area contributed by atoms with Gasteiger partial charge in [-0.1, -0.05) is 27.7 Å². The van der Waals surface area contributed by atoms with E-state index in [1.54, 1.807) is 18.5 Å². The number of aromatic amines is 1. The van der Waals surface area contributed by atoms with Crippen molar-refractivity contribution in [2.75, 3.05) is 11.9 Å². The molecule has 1 atom stereocenters. The summed E-state index contributed by atoms with van der Waals surface area (Å²) in [6, 6.07) is 4.29. The summed E-state index contributed by atoms with van der Waals surface area (Å²) in [4.78, 5) is 27.5. The Morgan fingerprint density at radius 3 is 2.50 bits per heavy atom. The molecule has 3 rings (SSSR count). The average Bonchev–Trinajstić information content (AvgIpc) is 3.19. The molecule has 0 fully saturated rings. The molecule has 1 amide bonds. The first kappa shape index (κ1) is 24.9. The minimum Gasteiger partial charge on any atom is -0.359 e. The number of nitrogens with zero attached hydrogens (tertiary/aromatic N) is 3. The van der Waals surface area contributed by atoms with Crippen molar-refractivity contribution in [3.63, 3.8) is 0 Å². The van der Waals surface area contributed by atoms with Crippen molar-refractivity contribution in [2.24, 2.45) is 0 Å². The van der Waals surface area contributed by atoms with Crippen molar-refractivity contribution in [1.82, 2.24) is 25.3 Å². The minimum absolute atomic E-state index is 0.322. The zero-order valence-corrected chi connectivity index (χ0v) is 17.6. The van der Waals surface area contributed by atoms with Gasteiger partial charge in [0.2, 0.25) is 5.91 Å². The van der Waals surface area contributed by atoms with Crippen molar-refractivity contribution in [1.29, 1.82) is 0 Å². The van der Waals surface area contributed by atoms with E-state index in [0.717, 1.165) is 10.9 Å². The molecule has 0 aliphatic rings. The molecule has 3 aromatic rings. The largest absolute Gasteiger partial charge is 0.405 e. The lowest BCUT2D eigenvalue weighted by Gasteiger charge is -2.15. The molecular weight excluding hydrogens is 397 g/mol. The molecule has 0 aliphatic carbocycles. The number of aromatic nitrogens is 4. The van der Waals surface area contributed by atoms with Crippen LogP contribution in [0.3, 0.4) is 0 Å². The fourth-order valence-corrected chi connectivity index (χ4v) is 2.34. The van der Waals surface area contributed by atoms with Gasteiger partial charge in [0.15, 0.2) is 5.82 Å². The predicted molar refractivity (Wildman–Crippen MR) is 112 cm³/mol. The summed E-state index contributed by atoms with van der Waals surface area (Å²) < 4.78 is 36.5. The van der Waals surface area contributed by atoms with Crippen LogP contribution in [0.2, 0.25) is 0 Å². The lowest BCUT2D eigenvalue weighted by atomic mass is 10.2. The van der Waals surface area contributed by atoms with E-state index in [4.69, 9.17) is 0 Å². The van der Waals surface area contributed by atoms with Crippen LogP contribution >= 0.6 is 0 Å². The first-order valence-electron chi connectivity index (χ1n) is 9.70. The van der Waals surface area contributed by atoms with Crippen LogP contribution in [0.1, 0.15) is 34.6 Å². The summed E-state index contributed by atoms with van der Waals surface area (Å²) >= 11 is 0. The second-order valence-corrected chi connectivity index (χ2v) is 5.57. The van der Waals surface area contributed by atoms with Gasteiger partial charge in [0.05, 0.1) is 0 Å². The maximum absolute atomic E-state index is 12.2. The molecule has 0 bridgehead atoms. The molecule has 0 aliphatic heterocycles. The maximum Gasteiger partial charge on any atom is 0.405 e. The Hall–Kier alpha value is -3.17. The third-order valence-electron chi connectivity index (χ3n) is 3.57. The number of fused-ring (bicyclic) bond motifs is 1. The van der Waals surface area contributed by atoms with Crippen molar-refractivity contribution in [3.05, 3.63) is 36.8 Å². The quantitative estimate of drug-likeness (QED) is 0.558. The number of rotatable bonds is 5. The second kappa shape index (κ2) is 11.7. The summed E-state index contributed by atoms with van der Waals surface area (Å²) in [7, 11) is 0.